The Hall–Kier alpha value is -2.72. The van der Waals surface area contributed by atoms with Gasteiger partial charge in [0.15, 0.2) is 5.69 Å². The van der Waals surface area contributed by atoms with Gasteiger partial charge in [-0.3, -0.25) is 0 Å². The first kappa shape index (κ1) is 20.6. The van der Waals surface area contributed by atoms with Crippen LogP contribution >= 0.6 is 0 Å². The Bertz CT molecular complexity index is 778. The molecule has 148 valence electrons. The average molecular weight is 394 g/mol. The molecule has 0 aliphatic rings. The maximum absolute atomic E-state index is 13.1. The molecular formula is C16H16F6N4O. The van der Waals surface area contributed by atoms with Gasteiger partial charge in [0.2, 0.25) is 5.95 Å². The normalized spacial score (nSPS) is 13.2. The number of nitrogens with zero attached hydrogens (tertiary/aromatic N) is 2. The van der Waals surface area contributed by atoms with E-state index in [1.54, 1.807) is 6.92 Å². The van der Waals surface area contributed by atoms with E-state index < -0.39 is 24.0 Å². The van der Waals surface area contributed by atoms with Crippen molar-refractivity contribution in [1.29, 1.82) is 0 Å². The largest absolute Gasteiger partial charge is 0.573 e. The lowest BCUT2D eigenvalue weighted by molar-refractivity contribution is -0.274. The molecule has 27 heavy (non-hydrogen) atoms. The summed E-state index contributed by atoms with van der Waals surface area (Å²) in [6.45, 7) is 3.57. The zero-order valence-electron chi connectivity index (χ0n) is 14.2. The molecule has 0 bridgehead atoms. The Morgan fingerprint density at radius 2 is 1.78 bits per heavy atom. The zero-order valence-corrected chi connectivity index (χ0v) is 14.2. The Labute approximate surface area is 150 Å². The molecule has 2 rings (SSSR count). The van der Waals surface area contributed by atoms with Crippen molar-refractivity contribution in [2.24, 2.45) is 0 Å². The summed E-state index contributed by atoms with van der Waals surface area (Å²) in [4.78, 5) is 7.38. The van der Waals surface area contributed by atoms with Crippen LogP contribution in [0.15, 0.2) is 30.3 Å². The minimum atomic E-state index is -4.88. The van der Waals surface area contributed by atoms with Crippen molar-refractivity contribution in [2.45, 2.75) is 38.8 Å². The van der Waals surface area contributed by atoms with E-state index in [0.717, 1.165) is 12.1 Å². The Morgan fingerprint density at radius 3 is 2.37 bits per heavy atom. The van der Waals surface area contributed by atoms with Crippen molar-refractivity contribution in [2.75, 3.05) is 10.6 Å². The first-order valence-corrected chi connectivity index (χ1v) is 7.82. The van der Waals surface area contributed by atoms with Gasteiger partial charge >= 0.3 is 12.5 Å². The van der Waals surface area contributed by atoms with E-state index >= 15 is 0 Å². The minimum Gasteiger partial charge on any atom is -0.406 e. The van der Waals surface area contributed by atoms with Crippen molar-refractivity contribution < 1.29 is 31.1 Å². The highest BCUT2D eigenvalue weighted by atomic mass is 19.4. The van der Waals surface area contributed by atoms with E-state index in [2.05, 4.69) is 25.3 Å². The van der Waals surface area contributed by atoms with E-state index in [1.807, 2.05) is 6.92 Å². The molecule has 5 nitrogen and oxygen atoms in total. The molecule has 0 aliphatic heterocycles. The van der Waals surface area contributed by atoms with Crippen molar-refractivity contribution in [3.05, 3.63) is 36.0 Å². The van der Waals surface area contributed by atoms with E-state index in [9.17, 15) is 26.3 Å². The molecule has 0 amide bonds. The number of hydrogen-bond donors (Lipinski definition) is 2. The highest BCUT2D eigenvalue weighted by Crippen LogP contribution is 2.31. The van der Waals surface area contributed by atoms with Gasteiger partial charge in [-0.05, 0) is 25.5 Å². The SMILES string of the molecule is CC[C@H](C)Nc1nc(Nc2cccc(OC(F)(F)F)c2)cc(C(F)(F)F)n1. The van der Waals surface area contributed by atoms with Gasteiger partial charge in [-0.2, -0.15) is 18.2 Å². The summed E-state index contributed by atoms with van der Waals surface area (Å²) in [5.74, 6) is -0.993. The van der Waals surface area contributed by atoms with Crippen LogP contribution in [0, 0.1) is 0 Å². The second-order valence-electron chi connectivity index (χ2n) is 5.61. The van der Waals surface area contributed by atoms with E-state index in [-0.39, 0.29) is 23.5 Å². The molecule has 1 aromatic carbocycles. The van der Waals surface area contributed by atoms with Crippen LogP contribution in [0.5, 0.6) is 5.75 Å². The number of ether oxygens (including phenoxy) is 1. The summed E-state index contributed by atoms with van der Waals surface area (Å²) in [5.41, 5.74) is -1.12. The number of anilines is 3. The minimum absolute atomic E-state index is 0.0677. The van der Waals surface area contributed by atoms with E-state index in [0.29, 0.717) is 12.5 Å². The molecule has 0 saturated carbocycles. The lowest BCUT2D eigenvalue weighted by Crippen LogP contribution is -2.19. The number of aromatic nitrogens is 2. The molecule has 11 heteroatoms. The average Bonchev–Trinajstić information content (AvgIpc) is 2.52. The number of alkyl halides is 6. The van der Waals surface area contributed by atoms with Crippen LogP contribution in [0.25, 0.3) is 0 Å². The predicted octanol–water partition coefficient (Wildman–Crippen LogP) is 5.35. The Kier molecular flexibility index (Phi) is 6.01. The van der Waals surface area contributed by atoms with Crippen LogP contribution in [0.4, 0.5) is 43.8 Å². The van der Waals surface area contributed by atoms with Crippen LogP contribution in [0.1, 0.15) is 26.0 Å². The molecule has 0 aliphatic carbocycles. The summed E-state index contributed by atoms with van der Waals surface area (Å²) < 4.78 is 79.9. The number of hydrogen-bond acceptors (Lipinski definition) is 5. The smallest absolute Gasteiger partial charge is 0.406 e. The molecule has 1 atom stereocenters. The fraction of sp³-hybridized carbons (Fsp3) is 0.375. The summed E-state index contributed by atoms with van der Waals surface area (Å²) in [7, 11) is 0. The molecule has 0 radical (unpaired) electrons. The maximum atomic E-state index is 13.1. The quantitative estimate of drug-likeness (QED) is 0.647. The summed E-state index contributed by atoms with van der Waals surface area (Å²) in [6.07, 6.45) is -8.98. The standard InChI is InChI=1S/C16H16F6N4O/c1-3-9(2)23-14-25-12(15(17,18)19)8-13(26-14)24-10-5-4-6-11(7-10)27-16(20,21)22/h4-9H,3H2,1-2H3,(H2,23,24,25,26)/t9-/m0/s1. The molecule has 0 unspecified atom stereocenters. The lowest BCUT2D eigenvalue weighted by atomic mass is 10.2. The van der Waals surface area contributed by atoms with Crippen LogP contribution < -0.4 is 15.4 Å². The first-order chi connectivity index (χ1) is 12.5. The van der Waals surface area contributed by atoms with Crippen LogP contribution in [-0.4, -0.2) is 22.4 Å². The molecule has 0 fully saturated rings. The van der Waals surface area contributed by atoms with Gasteiger partial charge in [0, 0.05) is 23.9 Å². The van der Waals surface area contributed by atoms with Crippen LogP contribution in [0.3, 0.4) is 0 Å². The van der Waals surface area contributed by atoms with Gasteiger partial charge in [0.05, 0.1) is 0 Å². The zero-order chi connectivity index (χ0) is 20.2. The van der Waals surface area contributed by atoms with E-state index in [4.69, 9.17) is 0 Å². The molecule has 1 aromatic heterocycles. The highest BCUT2D eigenvalue weighted by molar-refractivity contribution is 5.59. The van der Waals surface area contributed by atoms with Gasteiger partial charge < -0.3 is 15.4 Å². The summed E-state index contributed by atoms with van der Waals surface area (Å²) in [6, 6.07) is 5.16. The van der Waals surface area contributed by atoms with Crippen molar-refractivity contribution in [3.8, 4) is 5.75 Å². The second-order valence-corrected chi connectivity index (χ2v) is 5.61. The molecular weight excluding hydrogens is 378 g/mol. The van der Waals surface area contributed by atoms with Crippen molar-refractivity contribution in [1.82, 2.24) is 9.97 Å². The Balaban J connectivity index is 2.32. The predicted molar refractivity (Wildman–Crippen MR) is 86.8 cm³/mol. The lowest BCUT2D eigenvalue weighted by Gasteiger charge is -2.16. The monoisotopic (exact) mass is 394 g/mol. The van der Waals surface area contributed by atoms with E-state index in [1.165, 1.54) is 12.1 Å². The highest BCUT2D eigenvalue weighted by Gasteiger charge is 2.34. The van der Waals surface area contributed by atoms with Crippen LogP contribution in [-0.2, 0) is 6.18 Å². The second kappa shape index (κ2) is 7.89. The summed E-state index contributed by atoms with van der Waals surface area (Å²) >= 11 is 0. The fourth-order valence-corrected chi connectivity index (χ4v) is 1.96. The number of benzene rings is 1. The molecule has 0 spiro atoms. The molecule has 1 heterocycles. The van der Waals surface area contributed by atoms with Crippen molar-refractivity contribution in [3.63, 3.8) is 0 Å². The van der Waals surface area contributed by atoms with Gasteiger partial charge in [-0.15, -0.1) is 13.2 Å². The van der Waals surface area contributed by atoms with Crippen LogP contribution in [0.2, 0.25) is 0 Å². The number of rotatable bonds is 6. The summed E-state index contributed by atoms with van der Waals surface area (Å²) in [5, 5.41) is 5.27. The fourth-order valence-electron chi connectivity index (χ4n) is 1.96. The topological polar surface area (TPSA) is 59.1 Å². The number of nitrogens with one attached hydrogen (secondary N) is 2. The van der Waals surface area contributed by atoms with Gasteiger partial charge in [0.25, 0.3) is 0 Å². The third-order valence-corrected chi connectivity index (χ3v) is 3.34. The number of halogens is 6. The molecule has 2 N–H and O–H groups in total. The van der Waals surface area contributed by atoms with Gasteiger partial charge in [0.1, 0.15) is 11.6 Å². The molecule has 2 aromatic rings. The van der Waals surface area contributed by atoms with Crippen molar-refractivity contribution >= 4 is 17.5 Å². The Morgan fingerprint density at radius 1 is 1.07 bits per heavy atom. The third kappa shape index (κ3) is 6.50. The van der Waals surface area contributed by atoms with Gasteiger partial charge in [-0.25, -0.2) is 4.98 Å². The van der Waals surface area contributed by atoms with Gasteiger partial charge in [-0.1, -0.05) is 13.0 Å². The molecule has 0 saturated heterocycles. The maximum Gasteiger partial charge on any atom is 0.573 e. The first-order valence-electron chi connectivity index (χ1n) is 7.82. The third-order valence-electron chi connectivity index (χ3n) is 3.34.